The molecule has 1 aromatic rings. The first-order chi connectivity index (χ1) is 8.59. The number of halogens is 1. The second-order valence-electron chi connectivity index (χ2n) is 5.36. The van der Waals surface area contributed by atoms with Crippen molar-refractivity contribution in [3.05, 3.63) is 35.1 Å². The van der Waals surface area contributed by atoms with Gasteiger partial charge in [-0.1, -0.05) is 38.8 Å². The summed E-state index contributed by atoms with van der Waals surface area (Å²) in [7, 11) is 0. The molecule has 0 radical (unpaired) electrons. The van der Waals surface area contributed by atoms with E-state index in [2.05, 4.69) is 19.2 Å². The molecular weight excluding hydrogens is 225 g/mol. The van der Waals surface area contributed by atoms with Crippen molar-refractivity contribution in [1.82, 2.24) is 5.32 Å². The summed E-state index contributed by atoms with van der Waals surface area (Å²) in [6.07, 6.45) is 6.06. The maximum Gasteiger partial charge on any atom is 0.126 e. The van der Waals surface area contributed by atoms with Gasteiger partial charge >= 0.3 is 0 Å². The van der Waals surface area contributed by atoms with Crippen LogP contribution in [0.15, 0.2) is 18.2 Å². The Morgan fingerprint density at radius 1 is 1.11 bits per heavy atom. The Labute approximate surface area is 111 Å². The van der Waals surface area contributed by atoms with Crippen LogP contribution in [0, 0.1) is 12.7 Å². The zero-order valence-corrected chi connectivity index (χ0v) is 11.9. The van der Waals surface area contributed by atoms with Gasteiger partial charge in [-0.2, -0.15) is 0 Å². The van der Waals surface area contributed by atoms with Gasteiger partial charge in [0.15, 0.2) is 0 Å². The van der Waals surface area contributed by atoms with E-state index in [0.717, 1.165) is 18.5 Å². The van der Waals surface area contributed by atoms with E-state index < -0.39 is 0 Å². The SMILES string of the molecule is Cc1cc(CCCCCCNC(C)C)ccc1F. The Hall–Kier alpha value is -0.890. The number of benzene rings is 1. The van der Waals surface area contributed by atoms with Crippen LogP contribution < -0.4 is 5.32 Å². The molecule has 0 aromatic heterocycles. The van der Waals surface area contributed by atoms with Crippen LogP contribution in [0.3, 0.4) is 0 Å². The standard InChI is InChI=1S/C16H26FN/c1-13(2)18-11-7-5-4-6-8-15-9-10-16(17)14(3)12-15/h9-10,12-13,18H,4-8,11H2,1-3H3. The summed E-state index contributed by atoms with van der Waals surface area (Å²) in [5.41, 5.74) is 2.02. The Morgan fingerprint density at radius 3 is 2.50 bits per heavy atom. The summed E-state index contributed by atoms with van der Waals surface area (Å²) < 4.78 is 13.1. The largest absolute Gasteiger partial charge is 0.315 e. The van der Waals surface area contributed by atoms with E-state index in [1.807, 2.05) is 19.1 Å². The third-order valence-electron chi connectivity index (χ3n) is 3.17. The van der Waals surface area contributed by atoms with Crippen LogP contribution >= 0.6 is 0 Å². The van der Waals surface area contributed by atoms with Gasteiger partial charge in [0.2, 0.25) is 0 Å². The van der Waals surface area contributed by atoms with Gasteiger partial charge in [0, 0.05) is 6.04 Å². The Kier molecular flexibility index (Phi) is 6.96. The Morgan fingerprint density at radius 2 is 1.83 bits per heavy atom. The molecule has 0 fully saturated rings. The van der Waals surface area contributed by atoms with Gasteiger partial charge in [-0.05, 0) is 49.9 Å². The summed E-state index contributed by atoms with van der Waals surface area (Å²) >= 11 is 0. The zero-order valence-electron chi connectivity index (χ0n) is 11.9. The third-order valence-corrected chi connectivity index (χ3v) is 3.17. The van der Waals surface area contributed by atoms with Gasteiger partial charge in [0.05, 0.1) is 0 Å². The normalized spacial score (nSPS) is 11.2. The van der Waals surface area contributed by atoms with Gasteiger partial charge in [0.25, 0.3) is 0 Å². The van der Waals surface area contributed by atoms with E-state index in [4.69, 9.17) is 0 Å². The fraction of sp³-hybridized carbons (Fsp3) is 0.625. The predicted octanol–water partition coefficient (Wildman–Crippen LogP) is 4.24. The second-order valence-corrected chi connectivity index (χ2v) is 5.36. The molecule has 102 valence electrons. The predicted molar refractivity (Wildman–Crippen MR) is 76.4 cm³/mol. The lowest BCUT2D eigenvalue weighted by Crippen LogP contribution is -2.23. The smallest absolute Gasteiger partial charge is 0.126 e. The fourth-order valence-corrected chi connectivity index (χ4v) is 2.06. The van der Waals surface area contributed by atoms with E-state index in [9.17, 15) is 4.39 Å². The first kappa shape index (κ1) is 15.2. The minimum atomic E-state index is -0.0986. The molecule has 0 bridgehead atoms. The van der Waals surface area contributed by atoms with E-state index >= 15 is 0 Å². The van der Waals surface area contributed by atoms with Crippen molar-refractivity contribution in [1.29, 1.82) is 0 Å². The second kappa shape index (κ2) is 8.25. The summed E-state index contributed by atoms with van der Waals surface area (Å²) in [4.78, 5) is 0. The highest BCUT2D eigenvalue weighted by Gasteiger charge is 1.99. The molecule has 0 aliphatic heterocycles. The molecule has 0 aliphatic carbocycles. The molecule has 0 aliphatic rings. The third kappa shape index (κ3) is 6.15. The molecule has 0 amide bonds. The molecule has 0 unspecified atom stereocenters. The van der Waals surface area contributed by atoms with Crippen LogP contribution in [-0.4, -0.2) is 12.6 Å². The van der Waals surface area contributed by atoms with Crippen LogP contribution in [0.2, 0.25) is 0 Å². The number of aryl methyl sites for hydroxylation is 2. The van der Waals surface area contributed by atoms with Gasteiger partial charge in [0.1, 0.15) is 5.82 Å². The zero-order chi connectivity index (χ0) is 13.4. The minimum absolute atomic E-state index is 0.0986. The van der Waals surface area contributed by atoms with Crippen molar-refractivity contribution in [3.8, 4) is 0 Å². The summed E-state index contributed by atoms with van der Waals surface area (Å²) in [6, 6.07) is 6.04. The lowest BCUT2D eigenvalue weighted by Gasteiger charge is -2.07. The number of unbranched alkanes of at least 4 members (excludes halogenated alkanes) is 3. The average Bonchev–Trinajstić information content (AvgIpc) is 2.32. The molecule has 1 aromatic carbocycles. The summed E-state index contributed by atoms with van der Waals surface area (Å²) in [5, 5.41) is 3.43. The van der Waals surface area contributed by atoms with Gasteiger partial charge in [-0.15, -0.1) is 0 Å². The summed E-state index contributed by atoms with van der Waals surface area (Å²) in [6.45, 7) is 7.30. The molecule has 18 heavy (non-hydrogen) atoms. The first-order valence-corrected chi connectivity index (χ1v) is 7.08. The van der Waals surface area contributed by atoms with Crippen molar-refractivity contribution >= 4 is 0 Å². The lowest BCUT2D eigenvalue weighted by atomic mass is 10.0. The quantitative estimate of drug-likeness (QED) is 0.682. The van der Waals surface area contributed by atoms with E-state index in [1.165, 1.54) is 31.2 Å². The molecule has 0 saturated heterocycles. The number of hydrogen-bond acceptors (Lipinski definition) is 1. The van der Waals surface area contributed by atoms with Crippen LogP contribution in [0.1, 0.15) is 50.7 Å². The van der Waals surface area contributed by atoms with E-state index in [-0.39, 0.29) is 5.82 Å². The van der Waals surface area contributed by atoms with E-state index in [0.29, 0.717) is 6.04 Å². The average molecular weight is 251 g/mol. The topological polar surface area (TPSA) is 12.0 Å². The monoisotopic (exact) mass is 251 g/mol. The molecular formula is C16H26FN. The van der Waals surface area contributed by atoms with Crippen LogP contribution in [-0.2, 0) is 6.42 Å². The fourth-order valence-electron chi connectivity index (χ4n) is 2.06. The minimum Gasteiger partial charge on any atom is -0.315 e. The number of hydrogen-bond donors (Lipinski definition) is 1. The number of nitrogens with one attached hydrogen (secondary N) is 1. The van der Waals surface area contributed by atoms with Gasteiger partial charge < -0.3 is 5.32 Å². The van der Waals surface area contributed by atoms with Crippen molar-refractivity contribution in [3.63, 3.8) is 0 Å². The van der Waals surface area contributed by atoms with Crippen molar-refractivity contribution < 1.29 is 4.39 Å². The van der Waals surface area contributed by atoms with Crippen LogP contribution in [0.4, 0.5) is 4.39 Å². The first-order valence-electron chi connectivity index (χ1n) is 7.08. The molecule has 0 atom stereocenters. The molecule has 0 spiro atoms. The maximum absolute atomic E-state index is 13.1. The molecule has 1 rings (SSSR count). The summed E-state index contributed by atoms with van der Waals surface area (Å²) in [5.74, 6) is -0.0986. The molecule has 1 nitrogen and oxygen atoms in total. The molecule has 2 heteroatoms. The molecule has 1 N–H and O–H groups in total. The Bertz CT molecular complexity index is 347. The van der Waals surface area contributed by atoms with Gasteiger partial charge in [-0.25, -0.2) is 4.39 Å². The highest BCUT2D eigenvalue weighted by Crippen LogP contribution is 2.12. The highest BCUT2D eigenvalue weighted by atomic mass is 19.1. The highest BCUT2D eigenvalue weighted by molar-refractivity contribution is 5.23. The van der Waals surface area contributed by atoms with Gasteiger partial charge in [-0.3, -0.25) is 0 Å². The van der Waals surface area contributed by atoms with Crippen molar-refractivity contribution in [2.75, 3.05) is 6.54 Å². The van der Waals surface area contributed by atoms with Crippen LogP contribution in [0.25, 0.3) is 0 Å². The molecule has 0 heterocycles. The maximum atomic E-state index is 13.1. The van der Waals surface area contributed by atoms with Crippen molar-refractivity contribution in [2.45, 2.75) is 58.9 Å². The number of rotatable bonds is 8. The molecule has 0 saturated carbocycles. The van der Waals surface area contributed by atoms with E-state index in [1.54, 1.807) is 6.07 Å². The Balaban J connectivity index is 2.09. The van der Waals surface area contributed by atoms with Crippen molar-refractivity contribution in [2.24, 2.45) is 0 Å². The lowest BCUT2D eigenvalue weighted by molar-refractivity contribution is 0.541. The van der Waals surface area contributed by atoms with Crippen LogP contribution in [0.5, 0.6) is 0 Å².